The van der Waals surface area contributed by atoms with Crippen LogP contribution in [0.4, 0.5) is 8.78 Å². The Balaban J connectivity index is 1.82. The summed E-state index contributed by atoms with van der Waals surface area (Å²) >= 11 is 0. The molecule has 1 aliphatic carbocycles. The van der Waals surface area contributed by atoms with Crippen LogP contribution in [0.1, 0.15) is 45.4 Å². The summed E-state index contributed by atoms with van der Waals surface area (Å²) in [7, 11) is 0. The van der Waals surface area contributed by atoms with Crippen molar-refractivity contribution >= 4 is 5.91 Å². The number of carbonyl (C=O) groups excluding carboxylic acids is 1. The highest BCUT2D eigenvalue weighted by molar-refractivity contribution is 5.79. The first-order valence-electron chi connectivity index (χ1n) is 7.24. The lowest BCUT2D eigenvalue weighted by molar-refractivity contribution is -0.141. The molecule has 0 aromatic rings. The summed E-state index contributed by atoms with van der Waals surface area (Å²) in [4.78, 5) is 14.1. The van der Waals surface area contributed by atoms with Crippen LogP contribution in [0.3, 0.4) is 0 Å². The Morgan fingerprint density at radius 3 is 2.21 bits per heavy atom. The average Bonchev–Trinajstić information content (AvgIpc) is 2.38. The van der Waals surface area contributed by atoms with Crippen molar-refractivity contribution in [3.63, 3.8) is 0 Å². The van der Waals surface area contributed by atoms with Crippen molar-refractivity contribution in [2.75, 3.05) is 13.1 Å². The molecule has 1 unspecified atom stereocenters. The monoisotopic (exact) mass is 275 g/mol. The summed E-state index contributed by atoms with van der Waals surface area (Å²) in [6.07, 6.45) is 1.59. The maximum Gasteiger partial charge on any atom is 0.248 e. The first kappa shape index (κ1) is 14.7. The molecule has 19 heavy (non-hydrogen) atoms. The van der Waals surface area contributed by atoms with Gasteiger partial charge < -0.3 is 10.0 Å². The standard InChI is InChI=1S/C14H23F2NO2/c1-10(18)11-4-8-17(9-5-11)13(19)12-2-6-14(15,16)7-3-12/h10-12,18H,2-9H2,1H3. The number of carbonyl (C=O) groups is 1. The minimum atomic E-state index is -2.57. The predicted molar refractivity (Wildman–Crippen MR) is 67.9 cm³/mol. The zero-order valence-corrected chi connectivity index (χ0v) is 11.4. The number of hydrogen-bond donors (Lipinski definition) is 1. The van der Waals surface area contributed by atoms with Crippen LogP contribution in [0.15, 0.2) is 0 Å². The van der Waals surface area contributed by atoms with Gasteiger partial charge in [-0.05, 0) is 38.5 Å². The van der Waals surface area contributed by atoms with E-state index in [9.17, 15) is 18.7 Å². The van der Waals surface area contributed by atoms with Gasteiger partial charge in [-0.1, -0.05) is 0 Å². The fourth-order valence-electron chi connectivity index (χ4n) is 3.15. The molecule has 1 heterocycles. The van der Waals surface area contributed by atoms with Gasteiger partial charge in [0.05, 0.1) is 6.10 Å². The van der Waals surface area contributed by atoms with E-state index in [1.54, 1.807) is 11.8 Å². The van der Waals surface area contributed by atoms with Crippen LogP contribution in [0.5, 0.6) is 0 Å². The second kappa shape index (κ2) is 5.73. The number of hydrogen-bond acceptors (Lipinski definition) is 2. The largest absolute Gasteiger partial charge is 0.393 e. The number of rotatable bonds is 2. The van der Waals surface area contributed by atoms with E-state index in [0.717, 1.165) is 12.8 Å². The normalized spacial score (nSPS) is 27.3. The Bertz CT molecular complexity index is 315. The summed E-state index contributed by atoms with van der Waals surface area (Å²) in [6, 6.07) is 0. The molecule has 1 saturated heterocycles. The molecular formula is C14H23F2NO2. The van der Waals surface area contributed by atoms with E-state index in [1.165, 1.54) is 0 Å². The second-order valence-electron chi connectivity index (χ2n) is 6.03. The van der Waals surface area contributed by atoms with Crippen molar-refractivity contribution in [1.82, 2.24) is 4.90 Å². The van der Waals surface area contributed by atoms with Crippen LogP contribution in [0.25, 0.3) is 0 Å². The lowest BCUT2D eigenvalue weighted by Gasteiger charge is -2.37. The Morgan fingerprint density at radius 1 is 1.21 bits per heavy atom. The van der Waals surface area contributed by atoms with Crippen LogP contribution in [-0.4, -0.2) is 41.0 Å². The molecule has 110 valence electrons. The molecule has 1 saturated carbocycles. The zero-order chi connectivity index (χ0) is 14.0. The van der Waals surface area contributed by atoms with Crippen molar-refractivity contribution < 1.29 is 18.7 Å². The molecule has 2 aliphatic rings. The number of amides is 1. The maximum atomic E-state index is 13.1. The first-order valence-corrected chi connectivity index (χ1v) is 7.24. The van der Waals surface area contributed by atoms with E-state index in [-0.39, 0.29) is 36.7 Å². The molecule has 0 bridgehead atoms. The fraction of sp³-hybridized carbons (Fsp3) is 0.929. The summed E-state index contributed by atoms with van der Waals surface area (Å²) in [5, 5.41) is 9.52. The smallest absolute Gasteiger partial charge is 0.248 e. The molecule has 0 spiro atoms. The van der Waals surface area contributed by atoms with Gasteiger partial charge in [0.15, 0.2) is 0 Å². The van der Waals surface area contributed by atoms with E-state index < -0.39 is 5.92 Å². The van der Waals surface area contributed by atoms with Crippen molar-refractivity contribution in [2.24, 2.45) is 11.8 Å². The molecule has 1 N–H and O–H groups in total. The lowest BCUT2D eigenvalue weighted by atomic mass is 9.85. The Labute approximate surface area is 113 Å². The lowest BCUT2D eigenvalue weighted by Crippen LogP contribution is -2.44. The maximum absolute atomic E-state index is 13.1. The number of alkyl halides is 2. The van der Waals surface area contributed by atoms with E-state index in [1.807, 2.05) is 0 Å². The van der Waals surface area contributed by atoms with E-state index in [2.05, 4.69) is 0 Å². The van der Waals surface area contributed by atoms with Crippen molar-refractivity contribution in [3.8, 4) is 0 Å². The summed E-state index contributed by atoms with van der Waals surface area (Å²) in [5.74, 6) is -2.49. The molecule has 0 radical (unpaired) electrons. The number of nitrogens with zero attached hydrogens (tertiary/aromatic N) is 1. The van der Waals surface area contributed by atoms with Gasteiger partial charge in [0.2, 0.25) is 11.8 Å². The summed E-state index contributed by atoms with van der Waals surface area (Å²) in [5.41, 5.74) is 0. The molecule has 1 amide bonds. The molecule has 2 rings (SSSR count). The molecule has 0 aromatic carbocycles. The highest BCUT2D eigenvalue weighted by Crippen LogP contribution is 2.37. The van der Waals surface area contributed by atoms with Crippen molar-refractivity contribution in [2.45, 2.75) is 57.5 Å². The third-order valence-corrected chi connectivity index (χ3v) is 4.60. The molecule has 2 fully saturated rings. The Kier molecular flexibility index (Phi) is 4.43. The Morgan fingerprint density at radius 2 is 1.74 bits per heavy atom. The highest BCUT2D eigenvalue weighted by Gasteiger charge is 2.39. The number of aliphatic hydroxyl groups excluding tert-OH is 1. The van der Waals surface area contributed by atoms with Gasteiger partial charge in [0, 0.05) is 31.8 Å². The van der Waals surface area contributed by atoms with Crippen LogP contribution in [0.2, 0.25) is 0 Å². The van der Waals surface area contributed by atoms with Gasteiger partial charge in [-0.15, -0.1) is 0 Å². The minimum Gasteiger partial charge on any atom is -0.393 e. The first-order chi connectivity index (χ1) is 8.89. The van der Waals surface area contributed by atoms with Crippen LogP contribution in [-0.2, 0) is 4.79 Å². The number of piperidine rings is 1. The van der Waals surface area contributed by atoms with Gasteiger partial charge in [-0.3, -0.25) is 4.79 Å². The van der Waals surface area contributed by atoms with Gasteiger partial charge in [0.1, 0.15) is 0 Å². The Hall–Kier alpha value is -0.710. The van der Waals surface area contributed by atoms with Gasteiger partial charge in [-0.25, -0.2) is 8.78 Å². The quantitative estimate of drug-likeness (QED) is 0.841. The van der Waals surface area contributed by atoms with Gasteiger partial charge >= 0.3 is 0 Å². The molecule has 5 heteroatoms. The van der Waals surface area contributed by atoms with Gasteiger partial charge in [0.25, 0.3) is 0 Å². The third kappa shape index (κ3) is 3.65. The predicted octanol–water partition coefficient (Wildman–Crippen LogP) is 2.43. The van der Waals surface area contributed by atoms with Gasteiger partial charge in [-0.2, -0.15) is 0 Å². The molecular weight excluding hydrogens is 252 g/mol. The molecule has 1 atom stereocenters. The second-order valence-corrected chi connectivity index (χ2v) is 6.03. The fourth-order valence-corrected chi connectivity index (χ4v) is 3.15. The topological polar surface area (TPSA) is 40.5 Å². The number of likely N-dealkylation sites (tertiary alicyclic amines) is 1. The van der Waals surface area contributed by atoms with E-state index in [4.69, 9.17) is 0 Å². The number of aliphatic hydroxyl groups is 1. The zero-order valence-electron chi connectivity index (χ0n) is 11.4. The van der Waals surface area contributed by atoms with Crippen LogP contribution < -0.4 is 0 Å². The summed E-state index contributed by atoms with van der Waals surface area (Å²) in [6.45, 7) is 3.09. The van der Waals surface area contributed by atoms with Crippen molar-refractivity contribution in [1.29, 1.82) is 0 Å². The molecule has 3 nitrogen and oxygen atoms in total. The molecule has 1 aliphatic heterocycles. The average molecular weight is 275 g/mol. The van der Waals surface area contributed by atoms with E-state index in [0.29, 0.717) is 25.9 Å². The number of halogens is 2. The minimum absolute atomic E-state index is 0.0412. The van der Waals surface area contributed by atoms with Crippen LogP contribution in [0, 0.1) is 11.8 Å². The SMILES string of the molecule is CC(O)C1CCN(C(=O)C2CCC(F)(F)CC2)CC1. The highest BCUT2D eigenvalue weighted by atomic mass is 19.3. The van der Waals surface area contributed by atoms with Crippen LogP contribution >= 0.6 is 0 Å². The summed E-state index contributed by atoms with van der Waals surface area (Å²) < 4.78 is 26.1. The van der Waals surface area contributed by atoms with E-state index >= 15 is 0 Å². The third-order valence-electron chi connectivity index (χ3n) is 4.60. The van der Waals surface area contributed by atoms with Crippen molar-refractivity contribution in [3.05, 3.63) is 0 Å². The molecule has 0 aromatic heterocycles.